The van der Waals surface area contributed by atoms with Crippen molar-refractivity contribution in [3.8, 4) is 0 Å². The molecule has 1 saturated carbocycles. The number of aliphatic hydroxyl groups excluding tert-OH is 1. The number of pyridine rings is 1. The number of halogens is 3. The first-order valence-electron chi connectivity index (χ1n) is 5.90. The monoisotopic (exact) mass is 276 g/mol. The highest BCUT2D eigenvalue weighted by atomic mass is 35.5. The van der Waals surface area contributed by atoms with Crippen LogP contribution in [0.15, 0.2) is 12.1 Å². The second-order valence-electron chi connectivity index (χ2n) is 4.62. The van der Waals surface area contributed by atoms with Crippen molar-refractivity contribution in [1.82, 2.24) is 4.98 Å². The second kappa shape index (κ2) is 5.36. The van der Waals surface area contributed by atoms with E-state index < -0.39 is 5.92 Å². The minimum absolute atomic E-state index is 0.0119. The number of aromatic nitrogens is 1. The average molecular weight is 277 g/mol. The fourth-order valence-corrected chi connectivity index (χ4v) is 2.34. The number of nitrogens with one attached hydrogen (secondary N) is 1. The molecule has 0 amide bonds. The number of rotatable bonds is 3. The predicted octanol–water partition coefficient (Wildman–Crippen LogP) is 3.22. The quantitative estimate of drug-likeness (QED) is 0.833. The molecule has 2 N–H and O–H groups in total. The summed E-state index contributed by atoms with van der Waals surface area (Å²) in [6.45, 7) is -0.125. The van der Waals surface area contributed by atoms with Crippen molar-refractivity contribution in [3.05, 3.63) is 22.8 Å². The van der Waals surface area contributed by atoms with Gasteiger partial charge in [0.05, 0.1) is 6.61 Å². The topological polar surface area (TPSA) is 45.2 Å². The van der Waals surface area contributed by atoms with Gasteiger partial charge in [-0.25, -0.2) is 13.8 Å². The maximum atomic E-state index is 13.0. The molecular weight excluding hydrogens is 262 g/mol. The largest absolute Gasteiger partial charge is 0.392 e. The van der Waals surface area contributed by atoms with Crippen LogP contribution >= 0.6 is 11.6 Å². The van der Waals surface area contributed by atoms with Gasteiger partial charge >= 0.3 is 0 Å². The summed E-state index contributed by atoms with van der Waals surface area (Å²) >= 11 is 5.81. The zero-order valence-corrected chi connectivity index (χ0v) is 10.6. The van der Waals surface area contributed by atoms with Crippen LogP contribution in [0.1, 0.15) is 31.2 Å². The lowest BCUT2D eigenvalue weighted by Gasteiger charge is -2.29. The Labute approximate surface area is 109 Å². The molecule has 0 bridgehead atoms. The molecular formula is C12H15ClF2N2O. The Morgan fingerprint density at radius 1 is 1.39 bits per heavy atom. The second-order valence-corrected chi connectivity index (χ2v) is 5.00. The molecule has 100 valence electrons. The zero-order valence-electron chi connectivity index (χ0n) is 9.80. The Bertz CT molecular complexity index is 419. The molecule has 0 aliphatic heterocycles. The van der Waals surface area contributed by atoms with E-state index in [0.29, 0.717) is 24.2 Å². The molecule has 0 saturated heterocycles. The molecule has 1 aliphatic carbocycles. The van der Waals surface area contributed by atoms with Crippen LogP contribution in [0.2, 0.25) is 5.15 Å². The Hall–Kier alpha value is -0.940. The molecule has 6 heteroatoms. The van der Waals surface area contributed by atoms with Gasteiger partial charge in [-0.3, -0.25) is 0 Å². The van der Waals surface area contributed by atoms with E-state index in [2.05, 4.69) is 10.3 Å². The summed E-state index contributed by atoms with van der Waals surface area (Å²) < 4.78 is 26.0. The van der Waals surface area contributed by atoms with Crippen molar-refractivity contribution in [1.29, 1.82) is 0 Å². The number of nitrogens with zero attached hydrogens (tertiary/aromatic N) is 1. The van der Waals surface area contributed by atoms with Crippen LogP contribution in [-0.2, 0) is 6.61 Å². The van der Waals surface area contributed by atoms with E-state index in [1.165, 1.54) is 0 Å². The summed E-state index contributed by atoms with van der Waals surface area (Å²) in [5, 5.41) is 12.4. The highest BCUT2D eigenvalue weighted by Gasteiger charge is 2.34. The number of hydrogen-bond donors (Lipinski definition) is 2. The van der Waals surface area contributed by atoms with Crippen LogP contribution in [0.4, 0.5) is 14.6 Å². The molecule has 0 unspecified atom stereocenters. The first-order chi connectivity index (χ1) is 8.48. The number of anilines is 1. The van der Waals surface area contributed by atoms with Gasteiger partial charge < -0.3 is 10.4 Å². The van der Waals surface area contributed by atoms with E-state index in [1.807, 2.05) is 0 Å². The molecule has 0 atom stereocenters. The fraction of sp³-hybridized carbons (Fsp3) is 0.583. The van der Waals surface area contributed by atoms with Crippen molar-refractivity contribution in [2.45, 2.75) is 44.3 Å². The normalized spacial score (nSPS) is 19.8. The van der Waals surface area contributed by atoms with Gasteiger partial charge in [0.15, 0.2) is 0 Å². The summed E-state index contributed by atoms with van der Waals surface area (Å²) in [7, 11) is 0. The van der Waals surface area contributed by atoms with Gasteiger partial charge in [-0.2, -0.15) is 0 Å². The number of aliphatic hydroxyl groups is 1. The van der Waals surface area contributed by atoms with Crippen LogP contribution in [0, 0.1) is 0 Å². The molecule has 1 fully saturated rings. The van der Waals surface area contributed by atoms with Gasteiger partial charge in [-0.05, 0) is 30.5 Å². The molecule has 0 radical (unpaired) electrons. The van der Waals surface area contributed by atoms with E-state index in [0.717, 1.165) is 0 Å². The van der Waals surface area contributed by atoms with E-state index in [1.54, 1.807) is 12.1 Å². The molecule has 1 heterocycles. The summed E-state index contributed by atoms with van der Waals surface area (Å²) in [5.74, 6) is -2.00. The maximum Gasteiger partial charge on any atom is 0.248 e. The first-order valence-corrected chi connectivity index (χ1v) is 6.28. The minimum Gasteiger partial charge on any atom is -0.392 e. The fourth-order valence-electron chi connectivity index (χ4n) is 2.11. The Balaban J connectivity index is 2.00. The Morgan fingerprint density at radius 2 is 2.06 bits per heavy atom. The predicted molar refractivity (Wildman–Crippen MR) is 66.0 cm³/mol. The van der Waals surface area contributed by atoms with Crippen molar-refractivity contribution in [2.24, 2.45) is 0 Å². The van der Waals surface area contributed by atoms with Gasteiger partial charge in [-0.15, -0.1) is 0 Å². The molecule has 1 aliphatic rings. The summed E-state index contributed by atoms with van der Waals surface area (Å²) in [6.07, 6.45) is 0.626. The van der Waals surface area contributed by atoms with Gasteiger partial charge in [0.25, 0.3) is 0 Å². The minimum atomic E-state index is -2.53. The number of alkyl halides is 2. The maximum absolute atomic E-state index is 13.0. The molecule has 1 aromatic heterocycles. The summed E-state index contributed by atoms with van der Waals surface area (Å²) in [6, 6.07) is 3.24. The third-order valence-corrected chi connectivity index (χ3v) is 3.30. The third-order valence-electron chi connectivity index (χ3n) is 3.11. The van der Waals surface area contributed by atoms with Crippen molar-refractivity contribution < 1.29 is 13.9 Å². The summed E-state index contributed by atoms with van der Waals surface area (Å²) in [4.78, 5) is 4.07. The van der Waals surface area contributed by atoms with Crippen LogP contribution in [0.25, 0.3) is 0 Å². The van der Waals surface area contributed by atoms with E-state index in [9.17, 15) is 8.78 Å². The zero-order chi connectivity index (χ0) is 13.2. The Kier molecular flexibility index (Phi) is 4.02. The molecule has 0 aromatic carbocycles. The number of hydrogen-bond acceptors (Lipinski definition) is 3. The van der Waals surface area contributed by atoms with Crippen molar-refractivity contribution in [3.63, 3.8) is 0 Å². The van der Waals surface area contributed by atoms with E-state index in [4.69, 9.17) is 16.7 Å². The third kappa shape index (κ3) is 3.53. The molecule has 18 heavy (non-hydrogen) atoms. The van der Waals surface area contributed by atoms with Gasteiger partial charge in [0.1, 0.15) is 11.0 Å². The van der Waals surface area contributed by atoms with Crippen molar-refractivity contribution >= 4 is 17.4 Å². The lowest BCUT2D eigenvalue weighted by Crippen LogP contribution is -2.32. The smallest absolute Gasteiger partial charge is 0.248 e. The highest BCUT2D eigenvalue weighted by molar-refractivity contribution is 6.29. The highest BCUT2D eigenvalue weighted by Crippen LogP contribution is 2.34. The van der Waals surface area contributed by atoms with Gasteiger partial charge in [0, 0.05) is 18.9 Å². The molecule has 0 spiro atoms. The van der Waals surface area contributed by atoms with Crippen LogP contribution in [0.3, 0.4) is 0 Å². The van der Waals surface area contributed by atoms with E-state index in [-0.39, 0.29) is 30.6 Å². The van der Waals surface area contributed by atoms with Crippen molar-refractivity contribution in [2.75, 3.05) is 5.32 Å². The summed E-state index contributed by atoms with van der Waals surface area (Å²) in [5.41, 5.74) is 0.652. The molecule has 3 nitrogen and oxygen atoms in total. The van der Waals surface area contributed by atoms with E-state index >= 15 is 0 Å². The molecule has 1 aromatic rings. The van der Waals surface area contributed by atoms with Gasteiger partial charge in [-0.1, -0.05) is 11.6 Å². The van der Waals surface area contributed by atoms with Gasteiger partial charge in [0.2, 0.25) is 5.92 Å². The molecule has 2 rings (SSSR count). The standard InChI is InChI=1S/C12H15ClF2N2O/c13-10-5-8(7-18)6-11(17-10)16-9-1-3-12(14,15)4-2-9/h5-6,9,18H,1-4,7H2,(H,16,17). The van der Waals surface area contributed by atoms with Crippen LogP contribution in [0.5, 0.6) is 0 Å². The van der Waals surface area contributed by atoms with Crippen LogP contribution in [-0.4, -0.2) is 22.1 Å². The lowest BCUT2D eigenvalue weighted by molar-refractivity contribution is -0.0361. The SMILES string of the molecule is OCc1cc(Cl)nc(NC2CCC(F)(F)CC2)c1. The van der Waals surface area contributed by atoms with Crippen LogP contribution < -0.4 is 5.32 Å². The Morgan fingerprint density at radius 3 is 2.67 bits per heavy atom. The lowest BCUT2D eigenvalue weighted by atomic mass is 9.92. The average Bonchev–Trinajstić information content (AvgIpc) is 2.31. The first kappa shape index (κ1) is 13.5.